The summed E-state index contributed by atoms with van der Waals surface area (Å²) < 4.78 is 74.1. The second-order valence-electron chi connectivity index (χ2n) is 3.49. The largest absolute Gasteiger partial charge is 0.481 e. The van der Waals surface area contributed by atoms with Gasteiger partial charge in [-0.3, -0.25) is 9.59 Å². The second kappa shape index (κ2) is 5.44. The number of alkyl halides is 6. The average Bonchev–Trinajstić information content (AvgIpc) is 2.06. The molecule has 0 saturated heterocycles. The number of hydrogen-bond donors (Lipinski definition) is 2. The molecular formula is C8H8F6O4. The van der Waals surface area contributed by atoms with Crippen LogP contribution in [-0.4, -0.2) is 34.5 Å². The fraction of sp³-hybridized carbons (Fsp3) is 0.750. The van der Waals surface area contributed by atoms with E-state index in [1.54, 1.807) is 0 Å². The average molecular weight is 282 g/mol. The first-order valence-corrected chi connectivity index (χ1v) is 4.42. The van der Waals surface area contributed by atoms with Gasteiger partial charge >= 0.3 is 24.3 Å². The van der Waals surface area contributed by atoms with Gasteiger partial charge in [-0.2, -0.15) is 26.3 Å². The standard InChI is InChI=1S/C8H8F6O4/c9-7(10,11)3(1-5(15)16)4(2-6(17)18)8(12,13)14/h3-4H,1-2H2,(H,15,16)(H,17,18)/t3-,4+. The summed E-state index contributed by atoms with van der Waals surface area (Å²) >= 11 is 0. The van der Waals surface area contributed by atoms with Gasteiger partial charge in [-0.1, -0.05) is 0 Å². The first-order valence-electron chi connectivity index (χ1n) is 4.42. The second-order valence-corrected chi connectivity index (χ2v) is 3.49. The van der Waals surface area contributed by atoms with E-state index < -0.39 is 49.0 Å². The first-order chi connectivity index (χ1) is 7.85. The maximum Gasteiger partial charge on any atom is 0.393 e. The summed E-state index contributed by atoms with van der Waals surface area (Å²) in [6.07, 6.45) is -14.6. The van der Waals surface area contributed by atoms with Crippen LogP contribution >= 0.6 is 0 Å². The van der Waals surface area contributed by atoms with E-state index in [1.165, 1.54) is 0 Å². The molecule has 2 atom stereocenters. The third kappa shape index (κ3) is 5.23. The fourth-order valence-electron chi connectivity index (χ4n) is 1.35. The van der Waals surface area contributed by atoms with Gasteiger partial charge in [-0.25, -0.2) is 0 Å². The lowest BCUT2D eigenvalue weighted by Gasteiger charge is -2.28. The molecule has 0 aliphatic rings. The summed E-state index contributed by atoms with van der Waals surface area (Å²) in [7, 11) is 0. The van der Waals surface area contributed by atoms with Gasteiger partial charge in [0, 0.05) is 0 Å². The number of carboxylic acids is 2. The molecule has 0 spiro atoms. The van der Waals surface area contributed by atoms with Gasteiger partial charge in [0.1, 0.15) is 0 Å². The highest BCUT2D eigenvalue weighted by atomic mass is 19.4. The van der Waals surface area contributed by atoms with Crippen molar-refractivity contribution in [1.29, 1.82) is 0 Å². The SMILES string of the molecule is O=C(O)C[C@H]([C@H](CC(=O)O)C(F)(F)F)C(F)(F)F. The monoisotopic (exact) mass is 282 g/mol. The Morgan fingerprint density at radius 1 is 0.778 bits per heavy atom. The molecule has 0 rings (SSSR count). The lowest BCUT2D eigenvalue weighted by atomic mass is 9.85. The Hall–Kier alpha value is -1.48. The highest BCUT2D eigenvalue weighted by molar-refractivity contribution is 5.69. The van der Waals surface area contributed by atoms with Crippen molar-refractivity contribution in [3.63, 3.8) is 0 Å². The van der Waals surface area contributed by atoms with Crippen molar-refractivity contribution < 1.29 is 46.1 Å². The maximum absolute atomic E-state index is 12.4. The molecule has 0 heterocycles. The molecule has 106 valence electrons. The Labute approximate surface area is 96.2 Å². The lowest BCUT2D eigenvalue weighted by molar-refractivity contribution is -0.256. The summed E-state index contributed by atoms with van der Waals surface area (Å²) in [5, 5.41) is 16.4. The van der Waals surface area contributed by atoms with E-state index >= 15 is 0 Å². The molecule has 0 aromatic carbocycles. The van der Waals surface area contributed by atoms with Crippen LogP contribution in [0.2, 0.25) is 0 Å². The van der Waals surface area contributed by atoms with Gasteiger partial charge in [-0.15, -0.1) is 0 Å². The Morgan fingerprint density at radius 2 is 1.00 bits per heavy atom. The fourth-order valence-corrected chi connectivity index (χ4v) is 1.35. The van der Waals surface area contributed by atoms with Crippen LogP contribution in [0.4, 0.5) is 26.3 Å². The van der Waals surface area contributed by atoms with Gasteiger partial charge in [0.05, 0.1) is 24.7 Å². The van der Waals surface area contributed by atoms with Gasteiger partial charge in [0.25, 0.3) is 0 Å². The van der Waals surface area contributed by atoms with E-state index in [9.17, 15) is 35.9 Å². The minimum Gasteiger partial charge on any atom is -0.481 e. The van der Waals surface area contributed by atoms with Crippen LogP contribution in [0.25, 0.3) is 0 Å². The molecule has 0 unspecified atom stereocenters. The predicted octanol–water partition coefficient (Wildman–Crippen LogP) is 2.29. The van der Waals surface area contributed by atoms with Gasteiger partial charge < -0.3 is 10.2 Å². The smallest absolute Gasteiger partial charge is 0.393 e. The molecule has 0 aliphatic heterocycles. The molecule has 0 aromatic heterocycles. The molecule has 0 radical (unpaired) electrons. The van der Waals surface area contributed by atoms with Gasteiger partial charge in [0.15, 0.2) is 0 Å². The molecule has 18 heavy (non-hydrogen) atoms. The summed E-state index contributed by atoms with van der Waals surface area (Å²) in [6.45, 7) is 0. The van der Waals surface area contributed by atoms with Crippen molar-refractivity contribution in [1.82, 2.24) is 0 Å². The number of rotatable bonds is 5. The molecular weight excluding hydrogens is 274 g/mol. The third-order valence-electron chi connectivity index (χ3n) is 2.12. The van der Waals surface area contributed by atoms with Crippen molar-refractivity contribution in [3.8, 4) is 0 Å². The molecule has 0 fully saturated rings. The summed E-state index contributed by atoms with van der Waals surface area (Å²) in [5.41, 5.74) is 0. The molecule has 4 nitrogen and oxygen atoms in total. The molecule has 10 heteroatoms. The Balaban J connectivity index is 5.34. The first kappa shape index (κ1) is 16.5. The highest BCUT2D eigenvalue weighted by Crippen LogP contribution is 2.44. The van der Waals surface area contributed by atoms with Crippen LogP contribution in [-0.2, 0) is 9.59 Å². The Kier molecular flexibility index (Phi) is 4.99. The minimum atomic E-state index is -5.45. The zero-order valence-corrected chi connectivity index (χ0v) is 8.55. The molecule has 2 N–H and O–H groups in total. The normalized spacial score (nSPS) is 16.1. The van der Waals surface area contributed by atoms with Crippen molar-refractivity contribution in [2.24, 2.45) is 11.8 Å². The number of carboxylic acid groups (broad SMARTS) is 2. The van der Waals surface area contributed by atoms with Gasteiger partial charge in [-0.05, 0) is 0 Å². The van der Waals surface area contributed by atoms with Crippen molar-refractivity contribution in [3.05, 3.63) is 0 Å². The van der Waals surface area contributed by atoms with Crippen molar-refractivity contribution in [2.75, 3.05) is 0 Å². The maximum atomic E-state index is 12.4. The van der Waals surface area contributed by atoms with Crippen LogP contribution < -0.4 is 0 Å². The zero-order valence-electron chi connectivity index (χ0n) is 8.55. The van der Waals surface area contributed by atoms with E-state index in [-0.39, 0.29) is 0 Å². The van der Waals surface area contributed by atoms with Gasteiger partial charge in [0.2, 0.25) is 0 Å². The number of hydrogen-bond acceptors (Lipinski definition) is 2. The summed E-state index contributed by atoms with van der Waals surface area (Å²) in [6, 6.07) is 0. The van der Waals surface area contributed by atoms with E-state index in [0.29, 0.717) is 0 Å². The molecule has 0 aliphatic carbocycles. The number of aliphatic carboxylic acids is 2. The summed E-state index contributed by atoms with van der Waals surface area (Å²) in [4.78, 5) is 20.3. The predicted molar refractivity (Wildman–Crippen MR) is 43.6 cm³/mol. The number of carbonyl (C=O) groups is 2. The van der Waals surface area contributed by atoms with E-state index in [2.05, 4.69) is 0 Å². The molecule has 0 aromatic rings. The van der Waals surface area contributed by atoms with Crippen LogP contribution in [0.15, 0.2) is 0 Å². The van der Waals surface area contributed by atoms with Crippen LogP contribution in [0, 0.1) is 11.8 Å². The minimum absolute atomic E-state index is 1.83. The van der Waals surface area contributed by atoms with Crippen LogP contribution in [0.1, 0.15) is 12.8 Å². The van der Waals surface area contributed by atoms with Crippen LogP contribution in [0.5, 0.6) is 0 Å². The molecule has 0 bridgehead atoms. The lowest BCUT2D eigenvalue weighted by Crippen LogP contribution is -2.41. The van der Waals surface area contributed by atoms with Crippen molar-refractivity contribution in [2.45, 2.75) is 25.2 Å². The zero-order chi connectivity index (χ0) is 14.7. The topological polar surface area (TPSA) is 74.6 Å². The van der Waals surface area contributed by atoms with E-state index in [4.69, 9.17) is 10.2 Å². The molecule has 0 amide bonds. The summed E-state index contributed by atoms with van der Waals surface area (Å²) in [5.74, 6) is -10.7. The van der Waals surface area contributed by atoms with E-state index in [1.807, 2.05) is 0 Å². The Morgan fingerprint density at radius 3 is 1.11 bits per heavy atom. The Bertz CT molecular complexity index is 289. The third-order valence-corrected chi connectivity index (χ3v) is 2.12. The highest BCUT2D eigenvalue weighted by Gasteiger charge is 2.56. The molecule has 0 saturated carbocycles. The quantitative estimate of drug-likeness (QED) is 0.759. The van der Waals surface area contributed by atoms with Crippen LogP contribution in [0.3, 0.4) is 0 Å². The van der Waals surface area contributed by atoms with Crippen molar-refractivity contribution >= 4 is 11.9 Å². The van der Waals surface area contributed by atoms with E-state index in [0.717, 1.165) is 0 Å². The number of halogens is 6.